The van der Waals surface area contributed by atoms with Crippen molar-refractivity contribution < 1.29 is 5.11 Å². The molecule has 0 amide bonds. The number of phenols is 1. The van der Waals surface area contributed by atoms with E-state index in [2.05, 4.69) is 9.55 Å². The molecule has 0 bridgehead atoms. The average Bonchev–Trinajstić information content (AvgIpc) is 2.74. The van der Waals surface area contributed by atoms with E-state index in [1.807, 2.05) is 18.3 Å². The minimum Gasteiger partial charge on any atom is -0.508 e. The molecular formula is C14H17N3O. The lowest BCUT2D eigenvalue weighted by Crippen LogP contribution is -2.31. The fraction of sp³-hybridized carbons (Fsp3) is 0.357. The van der Waals surface area contributed by atoms with Crippen molar-refractivity contribution in [3.05, 3.63) is 47.5 Å². The summed E-state index contributed by atoms with van der Waals surface area (Å²) in [5.41, 5.74) is 8.36. The van der Waals surface area contributed by atoms with Crippen molar-refractivity contribution in [3.63, 3.8) is 0 Å². The van der Waals surface area contributed by atoms with E-state index in [9.17, 15) is 5.11 Å². The molecule has 3 rings (SSSR count). The van der Waals surface area contributed by atoms with Crippen molar-refractivity contribution in [1.82, 2.24) is 9.55 Å². The van der Waals surface area contributed by atoms with Gasteiger partial charge in [-0.15, -0.1) is 0 Å². The van der Waals surface area contributed by atoms with Crippen LogP contribution in [-0.2, 0) is 19.4 Å². The van der Waals surface area contributed by atoms with Crippen LogP contribution in [0.2, 0.25) is 0 Å². The number of hydrogen-bond donors (Lipinski definition) is 2. The maximum atomic E-state index is 9.27. The molecule has 18 heavy (non-hydrogen) atoms. The average molecular weight is 243 g/mol. The normalized spacial score (nSPS) is 18.6. The number of aromatic hydroxyl groups is 1. The molecule has 0 spiro atoms. The summed E-state index contributed by atoms with van der Waals surface area (Å²) in [4.78, 5) is 4.49. The van der Waals surface area contributed by atoms with Crippen LogP contribution in [0.1, 0.15) is 23.5 Å². The largest absolute Gasteiger partial charge is 0.508 e. The first-order valence-electron chi connectivity index (χ1n) is 6.29. The molecule has 2 aromatic rings. The first-order valence-corrected chi connectivity index (χ1v) is 6.29. The van der Waals surface area contributed by atoms with Crippen LogP contribution >= 0.6 is 0 Å². The van der Waals surface area contributed by atoms with E-state index in [0.717, 1.165) is 37.2 Å². The smallest absolute Gasteiger partial charge is 0.115 e. The summed E-state index contributed by atoms with van der Waals surface area (Å²) < 4.78 is 2.27. The van der Waals surface area contributed by atoms with Crippen molar-refractivity contribution >= 4 is 0 Å². The molecule has 94 valence electrons. The van der Waals surface area contributed by atoms with Gasteiger partial charge in [-0.25, -0.2) is 4.98 Å². The lowest BCUT2D eigenvalue weighted by Gasteiger charge is -2.21. The number of rotatable bonds is 2. The fourth-order valence-corrected chi connectivity index (χ4v) is 2.49. The lowest BCUT2D eigenvalue weighted by molar-refractivity contribution is 0.462. The Labute approximate surface area is 106 Å². The van der Waals surface area contributed by atoms with Gasteiger partial charge in [-0.3, -0.25) is 0 Å². The summed E-state index contributed by atoms with van der Waals surface area (Å²) in [6, 6.07) is 7.57. The van der Waals surface area contributed by atoms with Crippen LogP contribution in [0.25, 0.3) is 0 Å². The van der Waals surface area contributed by atoms with Gasteiger partial charge in [0.05, 0.1) is 0 Å². The number of hydrogen-bond acceptors (Lipinski definition) is 3. The van der Waals surface area contributed by atoms with E-state index >= 15 is 0 Å². The summed E-state index contributed by atoms with van der Waals surface area (Å²) in [7, 11) is 0. The van der Waals surface area contributed by atoms with Gasteiger partial charge in [-0.2, -0.15) is 0 Å². The Morgan fingerprint density at radius 3 is 2.89 bits per heavy atom. The van der Waals surface area contributed by atoms with Gasteiger partial charge >= 0.3 is 0 Å². The Balaban J connectivity index is 1.83. The number of imidazole rings is 1. The third-order valence-electron chi connectivity index (χ3n) is 3.51. The molecule has 0 saturated heterocycles. The highest BCUT2D eigenvalue weighted by atomic mass is 16.3. The molecule has 1 aromatic heterocycles. The zero-order valence-corrected chi connectivity index (χ0v) is 10.2. The zero-order valence-electron chi connectivity index (χ0n) is 10.2. The summed E-state index contributed by atoms with van der Waals surface area (Å²) in [6.07, 6.45) is 4.68. The Morgan fingerprint density at radius 1 is 1.33 bits per heavy atom. The second-order valence-corrected chi connectivity index (χ2v) is 4.91. The van der Waals surface area contributed by atoms with Gasteiger partial charge in [0, 0.05) is 37.3 Å². The molecular weight excluding hydrogens is 226 g/mol. The van der Waals surface area contributed by atoms with Crippen LogP contribution in [-0.4, -0.2) is 20.7 Å². The van der Waals surface area contributed by atoms with Gasteiger partial charge < -0.3 is 15.4 Å². The van der Waals surface area contributed by atoms with Crippen molar-refractivity contribution in [2.45, 2.75) is 31.8 Å². The Kier molecular flexibility index (Phi) is 2.80. The highest BCUT2D eigenvalue weighted by molar-refractivity contribution is 5.28. The lowest BCUT2D eigenvalue weighted by atomic mass is 10.1. The van der Waals surface area contributed by atoms with E-state index in [-0.39, 0.29) is 6.04 Å². The SMILES string of the molecule is NC1CCn2c(cnc2Cc2ccc(O)cc2)C1. The Bertz CT molecular complexity index is 545. The second kappa shape index (κ2) is 4.46. The van der Waals surface area contributed by atoms with E-state index in [1.165, 1.54) is 5.69 Å². The Morgan fingerprint density at radius 2 is 2.11 bits per heavy atom. The van der Waals surface area contributed by atoms with E-state index < -0.39 is 0 Å². The first-order chi connectivity index (χ1) is 8.72. The maximum Gasteiger partial charge on any atom is 0.115 e. The monoisotopic (exact) mass is 243 g/mol. The number of fused-ring (bicyclic) bond motifs is 1. The molecule has 4 nitrogen and oxygen atoms in total. The van der Waals surface area contributed by atoms with E-state index in [1.54, 1.807) is 12.1 Å². The molecule has 2 heterocycles. The highest BCUT2D eigenvalue weighted by Crippen LogP contribution is 2.19. The van der Waals surface area contributed by atoms with Gasteiger partial charge in [0.2, 0.25) is 0 Å². The van der Waals surface area contributed by atoms with Crippen LogP contribution < -0.4 is 5.73 Å². The quantitative estimate of drug-likeness (QED) is 0.839. The van der Waals surface area contributed by atoms with Gasteiger partial charge in [-0.05, 0) is 24.1 Å². The molecule has 1 unspecified atom stereocenters. The minimum atomic E-state index is 0.274. The van der Waals surface area contributed by atoms with Crippen molar-refractivity contribution in [1.29, 1.82) is 0 Å². The van der Waals surface area contributed by atoms with E-state index in [0.29, 0.717) is 5.75 Å². The molecule has 1 aliphatic heterocycles. The summed E-state index contributed by atoms with van der Waals surface area (Å²) in [6.45, 7) is 0.962. The molecule has 3 N–H and O–H groups in total. The van der Waals surface area contributed by atoms with Crippen molar-refractivity contribution in [2.75, 3.05) is 0 Å². The highest BCUT2D eigenvalue weighted by Gasteiger charge is 2.18. The molecule has 0 aliphatic carbocycles. The van der Waals surface area contributed by atoms with Gasteiger partial charge in [0.1, 0.15) is 11.6 Å². The molecule has 1 aliphatic rings. The van der Waals surface area contributed by atoms with Crippen LogP contribution in [0.15, 0.2) is 30.5 Å². The molecule has 0 radical (unpaired) electrons. The first kappa shape index (κ1) is 11.3. The number of nitrogens with two attached hydrogens (primary N) is 1. The summed E-state index contributed by atoms with van der Waals surface area (Å²) >= 11 is 0. The number of benzene rings is 1. The van der Waals surface area contributed by atoms with Gasteiger partial charge in [0.25, 0.3) is 0 Å². The Hall–Kier alpha value is -1.81. The minimum absolute atomic E-state index is 0.274. The zero-order chi connectivity index (χ0) is 12.5. The summed E-state index contributed by atoms with van der Waals surface area (Å²) in [5, 5.41) is 9.27. The molecule has 1 aromatic carbocycles. The third kappa shape index (κ3) is 2.11. The van der Waals surface area contributed by atoms with Gasteiger partial charge in [-0.1, -0.05) is 12.1 Å². The predicted molar refractivity (Wildman–Crippen MR) is 69.4 cm³/mol. The number of phenolic OH excluding ortho intramolecular Hbond substituents is 1. The summed E-state index contributed by atoms with van der Waals surface area (Å²) in [5.74, 6) is 1.39. The molecule has 1 atom stereocenters. The fourth-order valence-electron chi connectivity index (χ4n) is 2.49. The van der Waals surface area contributed by atoms with Crippen LogP contribution in [0.3, 0.4) is 0 Å². The van der Waals surface area contributed by atoms with Gasteiger partial charge in [0.15, 0.2) is 0 Å². The standard InChI is InChI=1S/C14H17N3O/c15-11-5-6-17-12(8-11)9-16-14(17)7-10-1-3-13(18)4-2-10/h1-4,9,11,18H,5-8,15H2. The third-order valence-corrected chi connectivity index (χ3v) is 3.51. The van der Waals surface area contributed by atoms with Crippen molar-refractivity contribution in [3.8, 4) is 5.75 Å². The van der Waals surface area contributed by atoms with E-state index in [4.69, 9.17) is 5.73 Å². The maximum absolute atomic E-state index is 9.27. The topological polar surface area (TPSA) is 64.1 Å². The number of aromatic nitrogens is 2. The number of nitrogens with zero attached hydrogens (tertiary/aromatic N) is 2. The second-order valence-electron chi connectivity index (χ2n) is 4.91. The molecule has 0 saturated carbocycles. The molecule has 0 fully saturated rings. The van der Waals surface area contributed by atoms with Crippen molar-refractivity contribution in [2.24, 2.45) is 5.73 Å². The van der Waals surface area contributed by atoms with Crippen LogP contribution in [0.5, 0.6) is 5.75 Å². The van der Waals surface area contributed by atoms with Crippen LogP contribution in [0, 0.1) is 0 Å². The predicted octanol–water partition coefficient (Wildman–Crippen LogP) is 1.45. The molecule has 4 heteroatoms. The van der Waals surface area contributed by atoms with Crippen LogP contribution in [0.4, 0.5) is 0 Å².